The Balaban J connectivity index is 1.25. The number of nitrogens with one attached hydrogen (secondary N) is 4. The normalized spacial score (nSPS) is 12.5. The van der Waals surface area contributed by atoms with Gasteiger partial charge in [-0.1, -0.05) is 43.6 Å². The first-order valence-electron chi connectivity index (χ1n) is 23.0. The first kappa shape index (κ1) is 54.1. The standard InChI is InChI=1S/C49H62ClF2N9O9/c1-10-66-30-24-34(51)32(35(52)25-30)28-61-38-18-12-11-16-31(38)41(60-61)43-55-27-39(42(59-43)56-36-19-21-53-26-33(36)50)67-22-15-23-68-45(63)40(29(2)3)58-44(62)37(57-47(65)70-49(7,8)9)17-13-14-20-54-46(64)69-48(4,5)6/h11-12,16,18-19,21,24-27,29,37,40H,10,13-15,17,20,22-23,28H2,1-9H3,(H,54,64)(H,57,65)(H,58,62)(H,53,55,56,59)/t37-,40-/m0/s1. The van der Waals surface area contributed by atoms with Crippen molar-refractivity contribution in [2.75, 3.05) is 31.7 Å². The van der Waals surface area contributed by atoms with Gasteiger partial charge in [-0.25, -0.2) is 33.1 Å². The van der Waals surface area contributed by atoms with Crippen LogP contribution in [0.15, 0.2) is 61.1 Å². The highest BCUT2D eigenvalue weighted by atomic mass is 35.5. The van der Waals surface area contributed by atoms with Crippen LogP contribution in [-0.4, -0.2) is 98.4 Å². The molecule has 0 radical (unpaired) electrons. The summed E-state index contributed by atoms with van der Waals surface area (Å²) in [6, 6.07) is 8.94. The van der Waals surface area contributed by atoms with E-state index in [1.165, 1.54) is 17.1 Å². The molecule has 0 fully saturated rings. The number of ether oxygens (including phenoxy) is 5. The molecule has 3 aromatic heterocycles. The fraction of sp³-hybridized carbons (Fsp3) is 0.469. The van der Waals surface area contributed by atoms with Crippen molar-refractivity contribution in [2.45, 2.75) is 118 Å². The molecule has 0 unspecified atom stereocenters. The molecule has 5 aromatic rings. The van der Waals surface area contributed by atoms with E-state index < -0.39 is 64.9 Å². The SMILES string of the molecule is CCOc1cc(F)c(Cn2nc(-c3ncc(OCCCOC(=O)[C@@H](NC(=O)[C@H](CCCCNC(=O)OC(C)(C)C)NC(=O)OC(C)(C)C)C(C)C)c(Nc4ccncc4Cl)n3)c3ccccc32)c(F)c1. The van der Waals surface area contributed by atoms with Gasteiger partial charge in [0.2, 0.25) is 5.91 Å². The second-order valence-corrected chi connectivity index (χ2v) is 18.8. The maximum Gasteiger partial charge on any atom is 0.408 e. The fourth-order valence-corrected chi connectivity index (χ4v) is 6.95. The molecule has 0 spiro atoms. The van der Waals surface area contributed by atoms with Crippen LogP contribution in [0.3, 0.4) is 0 Å². The number of amides is 3. The molecule has 2 atom stereocenters. The van der Waals surface area contributed by atoms with Crippen LogP contribution in [0.4, 0.5) is 29.9 Å². The van der Waals surface area contributed by atoms with Crippen molar-refractivity contribution in [3.05, 3.63) is 83.3 Å². The third kappa shape index (κ3) is 16.1. The predicted molar refractivity (Wildman–Crippen MR) is 259 cm³/mol. The molecule has 0 saturated carbocycles. The zero-order valence-corrected chi connectivity index (χ0v) is 41.7. The number of aromatic nitrogens is 5. The maximum atomic E-state index is 15.2. The van der Waals surface area contributed by atoms with Crippen LogP contribution in [0.5, 0.6) is 11.5 Å². The topological polar surface area (TPSA) is 219 Å². The van der Waals surface area contributed by atoms with Crippen LogP contribution >= 0.6 is 11.6 Å². The van der Waals surface area contributed by atoms with Crippen molar-refractivity contribution in [1.29, 1.82) is 0 Å². The second kappa shape index (κ2) is 24.6. The minimum atomic E-state index is -1.06. The highest BCUT2D eigenvalue weighted by molar-refractivity contribution is 6.33. The van der Waals surface area contributed by atoms with Gasteiger partial charge in [-0.15, -0.1) is 0 Å². The Kier molecular flexibility index (Phi) is 19.0. The summed E-state index contributed by atoms with van der Waals surface area (Å²) in [6.07, 6.45) is 4.37. The molecular formula is C49H62ClF2N9O9. The summed E-state index contributed by atoms with van der Waals surface area (Å²) in [6.45, 7) is 15.8. The molecule has 21 heteroatoms. The highest BCUT2D eigenvalue weighted by Gasteiger charge is 2.31. The number of nitrogens with zero attached hydrogens (tertiary/aromatic N) is 5. The van der Waals surface area contributed by atoms with E-state index >= 15 is 8.78 Å². The molecule has 0 aliphatic heterocycles. The number of benzene rings is 2. The molecule has 4 N–H and O–H groups in total. The van der Waals surface area contributed by atoms with Gasteiger partial charge in [0.05, 0.1) is 48.8 Å². The third-order valence-electron chi connectivity index (χ3n) is 9.99. The molecule has 3 amide bonds. The monoisotopic (exact) mass is 993 g/mol. The number of anilines is 2. The first-order valence-corrected chi connectivity index (χ1v) is 23.4. The lowest BCUT2D eigenvalue weighted by Crippen LogP contribution is -2.54. The number of hydrogen-bond donors (Lipinski definition) is 4. The number of hydrogen-bond acceptors (Lipinski definition) is 14. The Bertz CT molecular complexity index is 2580. The maximum absolute atomic E-state index is 15.2. The van der Waals surface area contributed by atoms with Crippen LogP contribution in [0.25, 0.3) is 22.4 Å². The number of fused-ring (bicyclic) bond motifs is 1. The molecule has 5 rings (SSSR count). The molecule has 378 valence electrons. The molecule has 3 heterocycles. The summed E-state index contributed by atoms with van der Waals surface area (Å²) in [7, 11) is 0. The van der Waals surface area contributed by atoms with E-state index in [9.17, 15) is 19.2 Å². The summed E-state index contributed by atoms with van der Waals surface area (Å²) in [5.41, 5.74) is -0.322. The van der Waals surface area contributed by atoms with Crippen LogP contribution in [0, 0.1) is 17.6 Å². The van der Waals surface area contributed by atoms with E-state index in [-0.39, 0.29) is 74.5 Å². The summed E-state index contributed by atoms with van der Waals surface area (Å²) >= 11 is 6.46. The van der Waals surface area contributed by atoms with Crippen molar-refractivity contribution in [3.63, 3.8) is 0 Å². The van der Waals surface area contributed by atoms with Gasteiger partial charge >= 0.3 is 18.2 Å². The van der Waals surface area contributed by atoms with E-state index in [4.69, 9.17) is 45.4 Å². The van der Waals surface area contributed by atoms with Gasteiger partial charge in [-0.05, 0) is 85.8 Å². The Labute approximate surface area is 410 Å². The smallest absolute Gasteiger partial charge is 0.408 e. The molecule has 0 aliphatic carbocycles. The molecular weight excluding hydrogens is 932 g/mol. The Hall–Kier alpha value is -6.83. The second-order valence-electron chi connectivity index (χ2n) is 18.4. The molecule has 0 saturated heterocycles. The number of rotatable bonds is 22. The van der Waals surface area contributed by atoms with Crippen molar-refractivity contribution in [1.82, 2.24) is 40.7 Å². The van der Waals surface area contributed by atoms with Gasteiger partial charge in [0.1, 0.15) is 46.4 Å². The number of pyridine rings is 1. The van der Waals surface area contributed by atoms with Crippen LogP contribution in [-0.2, 0) is 30.3 Å². The largest absolute Gasteiger partial charge is 0.494 e. The van der Waals surface area contributed by atoms with Gasteiger partial charge < -0.3 is 45.0 Å². The lowest BCUT2D eigenvalue weighted by molar-refractivity contribution is -0.149. The minimum Gasteiger partial charge on any atom is -0.494 e. The minimum absolute atomic E-state index is 0.0366. The van der Waals surface area contributed by atoms with Gasteiger partial charge in [-0.3, -0.25) is 14.5 Å². The average molecular weight is 995 g/mol. The highest BCUT2D eigenvalue weighted by Crippen LogP contribution is 2.33. The van der Waals surface area contributed by atoms with Crippen LogP contribution < -0.4 is 30.7 Å². The first-order chi connectivity index (χ1) is 33.1. The molecule has 0 bridgehead atoms. The summed E-state index contributed by atoms with van der Waals surface area (Å²) in [5.74, 6) is -2.60. The van der Waals surface area contributed by atoms with Gasteiger partial charge in [0.25, 0.3) is 0 Å². The average Bonchev–Trinajstić information content (AvgIpc) is 3.64. The zero-order valence-electron chi connectivity index (χ0n) is 40.9. The van der Waals surface area contributed by atoms with Gasteiger partial charge in [-0.2, -0.15) is 5.10 Å². The van der Waals surface area contributed by atoms with Crippen LogP contribution in [0.1, 0.15) is 93.6 Å². The van der Waals surface area contributed by atoms with Crippen molar-refractivity contribution < 1.29 is 51.6 Å². The number of unbranched alkanes of at least 4 members (excludes halogenated alkanes) is 1. The van der Waals surface area contributed by atoms with Crippen molar-refractivity contribution in [2.24, 2.45) is 5.92 Å². The van der Waals surface area contributed by atoms with Crippen LogP contribution in [0.2, 0.25) is 5.02 Å². The van der Waals surface area contributed by atoms with Gasteiger partial charge in [0, 0.05) is 48.4 Å². The van der Waals surface area contributed by atoms with E-state index in [0.29, 0.717) is 40.1 Å². The Morgan fingerprint density at radius 1 is 0.857 bits per heavy atom. The fourth-order valence-electron chi connectivity index (χ4n) is 6.78. The van der Waals surface area contributed by atoms with E-state index in [2.05, 4.69) is 31.2 Å². The third-order valence-corrected chi connectivity index (χ3v) is 10.3. The summed E-state index contributed by atoms with van der Waals surface area (Å²) in [5, 5.41) is 16.8. The van der Waals surface area contributed by atoms with E-state index in [1.807, 2.05) is 0 Å². The molecule has 18 nitrogen and oxygen atoms in total. The van der Waals surface area contributed by atoms with E-state index in [0.717, 1.165) is 12.1 Å². The lowest BCUT2D eigenvalue weighted by Gasteiger charge is -2.26. The Morgan fingerprint density at radius 3 is 2.23 bits per heavy atom. The number of carbonyl (C=O) groups excluding carboxylic acids is 4. The summed E-state index contributed by atoms with van der Waals surface area (Å²) < 4.78 is 59.5. The quantitative estimate of drug-likeness (QED) is 0.0289. The molecule has 70 heavy (non-hydrogen) atoms. The number of esters is 1. The lowest BCUT2D eigenvalue weighted by atomic mass is 10.0. The number of alkyl carbamates (subject to hydrolysis) is 2. The van der Waals surface area contributed by atoms with Crippen molar-refractivity contribution in [3.8, 4) is 23.0 Å². The van der Waals surface area contributed by atoms with Gasteiger partial charge in [0.15, 0.2) is 17.4 Å². The predicted octanol–water partition coefficient (Wildman–Crippen LogP) is 9.05. The molecule has 2 aromatic carbocycles. The summed E-state index contributed by atoms with van der Waals surface area (Å²) in [4.78, 5) is 65.3. The number of para-hydroxylation sites is 1. The number of carbonyl (C=O) groups is 4. The zero-order chi connectivity index (χ0) is 51.2. The van der Waals surface area contributed by atoms with E-state index in [1.54, 1.807) is 98.8 Å². The molecule has 0 aliphatic rings. The Morgan fingerprint density at radius 2 is 1.56 bits per heavy atom. The van der Waals surface area contributed by atoms with Crippen molar-refractivity contribution >= 4 is 58.1 Å². The number of halogens is 3.